The van der Waals surface area contributed by atoms with E-state index >= 15 is 0 Å². The van der Waals surface area contributed by atoms with E-state index in [1.54, 1.807) is 4.57 Å². The number of benzene rings is 3. The van der Waals surface area contributed by atoms with E-state index in [4.69, 9.17) is 21.1 Å². The van der Waals surface area contributed by atoms with Gasteiger partial charge in [-0.1, -0.05) is 54.1 Å². The summed E-state index contributed by atoms with van der Waals surface area (Å²) in [5, 5.41) is 3.53. The Morgan fingerprint density at radius 1 is 1.00 bits per heavy atom. The Balaban J connectivity index is 1.33. The number of fused-ring (bicyclic) bond motifs is 3. The summed E-state index contributed by atoms with van der Waals surface area (Å²) in [5.41, 5.74) is 3.52. The number of halogens is 1. The number of para-hydroxylation sites is 1. The van der Waals surface area contributed by atoms with Crippen LogP contribution in [0.2, 0.25) is 5.15 Å². The van der Waals surface area contributed by atoms with Crippen LogP contribution < -0.4 is 15.7 Å². The second kappa shape index (κ2) is 9.52. The topological polar surface area (TPSA) is 98.2 Å². The second-order valence-electron chi connectivity index (χ2n) is 7.88. The molecule has 2 aromatic heterocycles. The first-order valence-corrected chi connectivity index (χ1v) is 11.3. The summed E-state index contributed by atoms with van der Waals surface area (Å²) in [7, 11) is 1.51. The Kier molecular flexibility index (Phi) is 6.12. The molecule has 0 fully saturated rings. The fraction of sp³-hybridized carbons (Fsp3) is 0.115. The molecule has 2 heterocycles. The van der Waals surface area contributed by atoms with Crippen molar-refractivity contribution >= 4 is 39.6 Å². The van der Waals surface area contributed by atoms with Gasteiger partial charge in [0.2, 0.25) is 0 Å². The fourth-order valence-electron chi connectivity index (χ4n) is 3.84. The number of nitrogens with zero attached hydrogens (tertiary/aromatic N) is 2. The van der Waals surface area contributed by atoms with E-state index in [2.05, 4.69) is 15.3 Å². The van der Waals surface area contributed by atoms with E-state index in [0.717, 1.165) is 27.5 Å². The standard InChI is InChI=1S/C26H21ClN4O4/c1-28-26(33)34-15-17-8-12-19(13-9-17)35-18-10-6-16(7-11-18)14-31-23-20-4-2-3-5-21(20)29-24(27)22(23)30-25(31)32/h2-13H,14-15H2,1H3,(H,28,33)(H,30,32). The van der Waals surface area contributed by atoms with Gasteiger partial charge in [0.15, 0.2) is 5.15 Å². The van der Waals surface area contributed by atoms with E-state index in [1.165, 1.54) is 7.05 Å². The average molecular weight is 489 g/mol. The third kappa shape index (κ3) is 4.69. The number of H-pyrrole nitrogens is 1. The number of hydrogen-bond acceptors (Lipinski definition) is 5. The highest BCUT2D eigenvalue weighted by Crippen LogP contribution is 2.28. The Labute approximate surface area is 205 Å². The summed E-state index contributed by atoms with van der Waals surface area (Å²) < 4.78 is 12.6. The van der Waals surface area contributed by atoms with Crippen molar-refractivity contribution in [3.05, 3.63) is 99.6 Å². The number of amides is 1. The van der Waals surface area contributed by atoms with Crippen molar-refractivity contribution in [2.45, 2.75) is 13.2 Å². The molecule has 176 valence electrons. The van der Waals surface area contributed by atoms with Gasteiger partial charge in [-0.15, -0.1) is 0 Å². The van der Waals surface area contributed by atoms with Crippen LogP contribution in [0.1, 0.15) is 11.1 Å². The number of hydrogen-bond donors (Lipinski definition) is 2. The lowest BCUT2D eigenvalue weighted by Gasteiger charge is -2.09. The van der Waals surface area contributed by atoms with Gasteiger partial charge in [-0.2, -0.15) is 0 Å². The van der Waals surface area contributed by atoms with E-state index < -0.39 is 6.09 Å². The summed E-state index contributed by atoms with van der Waals surface area (Å²) >= 11 is 6.33. The summed E-state index contributed by atoms with van der Waals surface area (Å²) in [6, 6.07) is 22.4. The molecule has 0 unspecified atom stereocenters. The molecule has 5 aromatic rings. The number of aromatic amines is 1. The third-order valence-electron chi connectivity index (χ3n) is 5.57. The number of aromatic nitrogens is 3. The smallest absolute Gasteiger partial charge is 0.407 e. The minimum atomic E-state index is -0.478. The zero-order valence-electron chi connectivity index (χ0n) is 18.7. The second-order valence-corrected chi connectivity index (χ2v) is 8.23. The molecule has 0 atom stereocenters. The van der Waals surface area contributed by atoms with Crippen molar-refractivity contribution in [1.29, 1.82) is 0 Å². The van der Waals surface area contributed by atoms with Crippen LogP contribution in [-0.2, 0) is 17.9 Å². The predicted octanol–water partition coefficient (Wildman–Crippen LogP) is 5.23. The number of nitrogens with one attached hydrogen (secondary N) is 2. The van der Waals surface area contributed by atoms with Crippen molar-refractivity contribution < 1.29 is 14.3 Å². The van der Waals surface area contributed by atoms with E-state index in [1.807, 2.05) is 72.8 Å². The quantitative estimate of drug-likeness (QED) is 0.319. The zero-order chi connectivity index (χ0) is 24.4. The van der Waals surface area contributed by atoms with Crippen molar-refractivity contribution in [3.8, 4) is 11.5 Å². The number of alkyl carbamates (subject to hydrolysis) is 1. The molecule has 8 nitrogen and oxygen atoms in total. The number of imidazole rings is 1. The molecule has 0 aliphatic carbocycles. The maximum atomic E-state index is 12.7. The van der Waals surface area contributed by atoms with Gasteiger partial charge >= 0.3 is 11.8 Å². The highest BCUT2D eigenvalue weighted by molar-refractivity contribution is 6.35. The predicted molar refractivity (Wildman–Crippen MR) is 134 cm³/mol. The van der Waals surface area contributed by atoms with Crippen molar-refractivity contribution in [2.75, 3.05) is 7.05 Å². The molecule has 35 heavy (non-hydrogen) atoms. The Bertz CT molecular complexity index is 1570. The molecule has 3 aromatic carbocycles. The Morgan fingerprint density at radius 2 is 1.66 bits per heavy atom. The number of ether oxygens (including phenoxy) is 2. The van der Waals surface area contributed by atoms with Gasteiger partial charge in [0.05, 0.1) is 17.6 Å². The van der Waals surface area contributed by atoms with Crippen LogP contribution in [0.5, 0.6) is 11.5 Å². The summed E-state index contributed by atoms with van der Waals surface area (Å²) in [4.78, 5) is 31.1. The van der Waals surface area contributed by atoms with Crippen molar-refractivity contribution in [3.63, 3.8) is 0 Å². The lowest BCUT2D eigenvalue weighted by molar-refractivity contribution is 0.142. The van der Waals surface area contributed by atoms with E-state index in [-0.39, 0.29) is 17.4 Å². The number of carbonyl (C=O) groups is 1. The van der Waals surface area contributed by atoms with Gasteiger partial charge in [0.1, 0.15) is 23.6 Å². The van der Waals surface area contributed by atoms with Crippen LogP contribution in [-0.4, -0.2) is 27.7 Å². The molecule has 0 aliphatic rings. The fourth-order valence-corrected chi connectivity index (χ4v) is 4.07. The minimum absolute atomic E-state index is 0.179. The van der Waals surface area contributed by atoms with Gasteiger partial charge in [-0.05, 0) is 41.5 Å². The lowest BCUT2D eigenvalue weighted by Crippen LogP contribution is -2.18. The average Bonchev–Trinajstić information content (AvgIpc) is 3.21. The van der Waals surface area contributed by atoms with E-state index in [9.17, 15) is 9.59 Å². The maximum absolute atomic E-state index is 12.7. The molecule has 0 aliphatic heterocycles. The highest BCUT2D eigenvalue weighted by atomic mass is 35.5. The molecular formula is C26H21ClN4O4. The van der Waals surface area contributed by atoms with Gasteiger partial charge in [0.25, 0.3) is 0 Å². The Hall–Kier alpha value is -4.30. The minimum Gasteiger partial charge on any atom is -0.457 e. The molecule has 5 rings (SSSR count). The molecule has 0 saturated heterocycles. The van der Waals surface area contributed by atoms with Crippen molar-refractivity contribution in [2.24, 2.45) is 0 Å². The molecule has 0 radical (unpaired) electrons. The van der Waals surface area contributed by atoms with Crippen LogP contribution in [0.3, 0.4) is 0 Å². The lowest BCUT2D eigenvalue weighted by atomic mass is 10.1. The molecule has 0 saturated carbocycles. The number of pyridine rings is 1. The third-order valence-corrected chi connectivity index (χ3v) is 5.84. The molecule has 0 bridgehead atoms. The van der Waals surface area contributed by atoms with Crippen LogP contribution in [0.4, 0.5) is 4.79 Å². The first-order valence-electron chi connectivity index (χ1n) is 10.9. The first-order chi connectivity index (χ1) is 17.0. The van der Waals surface area contributed by atoms with Crippen LogP contribution in [0.25, 0.3) is 21.9 Å². The monoisotopic (exact) mass is 488 g/mol. The maximum Gasteiger partial charge on any atom is 0.407 e. The first kappa shape index (κ1) is 22.5. The van der Waals surface area contributed by atoms with Gasteiger partial charge in [0, 0.05) is 12.4 Å². The Morgan fingerprint density at radius 3 is 2.34 bits per heavy atom. The van der Waals surface area contributed by atoms with Crippen molar-refractivity contribution in [1.82, 2.24) is 19.9 Å². The van der Waals surface area contributed by atoms with Crippen LogP contribution in [0.15, 0.2) is 77.6 Å². The van der Waals surface area contributed by atoms with E-state index in [0.29, 0.717) is 23.6 Å². The molecule has 9 heteroatoms. The van der Waals surface area contributed by atoms with Gasteiger partial charge in [-0.25, -0.2) is 14.6 Å². The molecule has 2 N–H and O–H groups in total. The van der Waals surface area contributed by atoms with Gasteiger partial charge in [-0.3, -0.25) is 4.57 Å². The largest absolute Gasteiger partial charge is 0.457 e. The zero-order valence-corrected chi connectivity index (χ0v) is 19.5. The van der Waals surface area contributed by atoms with Crippen LogP contribution >= 0.6 is 11.6 Å². The highest BCUT2D eigenvalue weighted by Gasteiger charge is 2.15. The summed E-state index contributed by atoms with van der Waals surface area (Å²) in [6.07, 6.45) is -0.478. The SMILES string of the molecule is CNC(=O)OCc1ccc(Oc2ccc(Cn3c(=O)[nH]c4c(Cl)nc5ccccc5c43)cc2)cc1. The van der Waals surface area contributed by atoms with Crippen LogP contribution in [0, 0.1) is 0 Å². The molecular weight excluding hydrogens is 468 g/mol. The summed E-state index contributed by atoms with van der Waals surface area (Å²) in [5.74, 6) is 1.31. The number of rotatable bonds is 6. The molecule has 0 spiro atoms. The normalized spacial score (nSPS) is 11.0. The summed E-state index contributed by atoms with van der Waals surface area (Å²) in [6.45, 7) is 0.544. The van der Waals surface area contributed by atoms with Gasteiger partial charge < -0.3 is 19.8 Å². The number of carbonyl (C=O) groups excluding carboxylic acids is 1. The molecule has 1 amide bonds.